The first-order chi connectivity index (χ1) is 12.3. The van der Waals surface area contributed by atoms with Crippen LogP contribution in [0.3, 0.4) is 0 Å². The number of benzene rings is 1. The molecule has 1 aromatic carbocycles. The number of nitrogens with zero attached hydrogens (tertiary/aromatic N) is 3. The highest BCUT2D eigenvalue weighted by atomic mass is 16.3. The molecule has 1 aromatic heterocycles. The summed E-state index contributed by atoms with van der Waals surface area (Å²) in [5.41, 5.74) is 20.4. The molecule has 0 bridgehead atoms. The first kappa shape index (κ1) is 16.1. The molecule has 8 heteroatoms. The fourth-order valence-corrected chi connectivity index (χ4v) is 3.80. The van der Waals surface area contributed by atoms with E-state index in [0.717, 1.165) is 22.5 Å². The van der Waals surface area contributed by atoms with E-state index in [0.29, 0.717) is 16.8 Å². The van der Waals surface area contributed by atoms with Crippen LogP contribution in [0.25, 0.3) is 17.3 Å². The number of phenols is 1. The minimum absolute atomic E-state index is 0.167. The van der Waals surface area contributed by atoms with E-state index in [1.807, 2.05) is 37.9 Å². The molecule has 0 radical (unpaired) electrons. The topological polar surface area (TPSA) is 122 Å². The summed E-state index contributed by atoms with van der Waals surface area (Å²) in [7, 11) is 0. The van der Waals surface area contributed by atoms with Crippen molar-refractivity contribution >= 4 is 24.1 Å². The highest BCUT2D eigenvalue weighted by Gasteiger charge is 2.37. The van der Waals surface area contributed by atoms with Gasteiger partial charge in [0.15, 0.2) is 6.17 Å². The quantitative estimate of drug-likeness (QED) is 0.657. The SMILES string of the molecule is CC1=Cn2c(C(N)=O)c(N)c(-c3c(C)ccc(O)c3C)c2C2NN=CN12. The summed E-state index contributed by atoms with van der Waals surface area (Å²) in [6, 6.07) is 3.47. The molecule has 0 fully saturated rings. The zero-order valence-electron chi connectivity index (χ0n) is 14.7. The zero-order valence-corrected chi connectivity index (χ0v) is 14.7. The Labute approximate surface area is 150 Å². The number of rotatable bonds is 2. The van der Waals surface area contributed by atoms with Crippen LogP contribution in [0.15, 0.2) is 22.9 Å². The Hall–Kier alpha value is -3.42. The van der Waals surface area contributed by atoms with Gasteiger partial charge in [0.1, 0.15) is 17.8 Å². The van der Waals surface area contributed by atoms with Gasteiger partial charge in [-0.15, -0.1) is 0 Å². The molecule has 4 rings (SSSR count). The number of amides is 1. The second-order valence-electron chi connectivity index (χ2n) is 6.61. The molecule has 1 amide bonds. The van der Waals surface area contributed by atoms with E-state index < -0.39 is 5.91 Å². The Kier molecular flexibility index (Phi) is 3.27. The van der Waals surface area contributed by atoms with Crippen molar-refractivity contribution < 1.29 is 9.90 Å². The molecule has 0 saturated heterocycles. The molecule has 134 valence electrons. The number of nitrogens with one attached hydrogen (secondary N) is 1. The largest absolute Gasteiger partial charge is 0.508 e. The van der Waals surface area contributed by atoms with Gasteiger partial charge in [0, 0.05) is 17.5 Å². The normalized spacial score (nSPS) is 17.6. The number of hydrazone groups is 1. The second-order valence-corrected chi connectivity index (χ2v) is 6.61. The fraction of sp³-hybridized carbons (Fsp3) is 0.222. The third-order valence-electron chi connectivity index (χ3n) is 5.05. The molecule has 2 aromatic rings. The van der Waals surface area contributed by atoms with Gasteiger partial charge in [-0.05, 0) is 43.5 Å². The number of nitrogens with two attached hydrogens (primary N) is 2. The molecule has 0 spiro atoms. The van der Waals surface area contributed by atoms with Crippen LogP contribution in [-0.4, -0.2) is 26.8 Å². The van der Waals surface area contributed by atoms with Crippen LogP contribution in [0.5, 0.6) is 5.75 Å². The van der Waals surface area contributed by atoms with Gasteiger partial charge in [-0.25, -0.2) is 0 Å². The van der Waals surface area contributed by atoms with Crippen LogP contribution in [0.4, 0.5) is 5.69 Å². The molecule has 26 heavy (non-hydrogen) atoms. The number of carbonyl (C=O) groups excluding carboxylic acids is 1. The molecule has 1 unspecified atom stereocenters. The van der Waals surface area contributed by atoms with Crippen molar-refractivity contribution in [2.24, 2.45) is 10.8 Å². The lowest BCUT2D eigenvalue weighted by atomic mass is 9.92. The molecular formula is C18H20N6O2. The van der Waals surface area contributed by atoms with Crippen LogP contribution < -0.4 is 16.9 Å². The summed E-state index contributed by atoms with van der Waals surface area (Å²) >= 11 is 0. The standard InChI is InChI=1S/C18H20N6O2/c1-8-4-5-11(25)10(3)12(8)13-14(19)16(17(20)26)23-6-9(2)24-7-21-22-18(24)15(13)23/h4-7,18,22,25H,19H2,1-3H3,(H2,20,26). The maximum atomic E-state index is 12.2. The summed E-state index contributed by atoms with van der Waals surface area (Å²) < 4.78 is 1.73. The van der Waals surface area contributed by atoms with Crippen molar-refractivity contribution in [2.45, 2.75) is 26.9 Å². The van der Waals surface area contributed by atoms with Crippen molar-refractivity contribution in [3.63, 3.8) is 0 Å². The Bertz CT molecular complexity index is 1020. The van der Waals surface area contributed by atoms with Crippen molar-refractivity contribution in [3.8, 4) is 16.9 Å². The third-order valence-corrected chi connectivity index (χ3v) is 5.05. The van der Waals surface area contributed by atoms with Gasteiger partial charge in [-0.2, -0.15) is 5.10 Å². The van der Waals surface area contributed by atoms with Crippen molar-refractivity contribution in [1.29, 1.82) is 0 Å². The summed E-state index contributed by atoms with van der Waals surface area (Å²) in [5.74, 6) is -0.442. The molecule has 0 aliphatic carbocycles. The molecular weight excluding hydrogens is 332 g/mol. The Morgan fingerprint density at radius 1 is 1.27 bits per heavy atom. The molecule has 6 N–H and O–H groups in total. The molecule has 1 atom stereocenters. The molecule has 3 heterocycles. The van der Waals surface area contributed by atoms with E-state index in [-0.39, 0.29) is 17.6 Å². The predicted octanol–water partition coefficient (Wildman–Crippen LogP) is 1.84. The monoisotopic (exact) mass is 352 g/mol. The molecule has 2 aliphatic heterocycles. The molecule has 8 nitrogen and oxygen atoms in total. The maximum absolute atomic E-state index is 12.2. The minimum Gasteiger partial charge on any atom is -0.508 e. The number of anilines is 1. The smallest absolute Gasteiger partial charge is 0.267 e. The number of carbonyl (C=O) groups is 1. The number of hydrogen-bond donors (Lipinski definition) is 4. The van der Waals surface area contributed by atoms with Crippen LogP contribution in [0.2, 0.25) is 0 Å². The van der Waals surface area contributed by atoms with Gasteiger partial charge < -0.3 is 26.0 Å². The van der Waals surface area contributed by atoms with Crippen molar-refractivity contribution in [2.75, 3.05) is 5.73 Å². The number of aryl methyl sites for hydroxylation is 1. The number of nitrogen functional groups attached to an aromatic ring is 1. The van der Waals surface area contributed by atoms with Gasteiger partial charge >= 0.3 is 0 Å². The predicted molar refractivity (Wildman–Crippen MR) is 100 cm³/mol. The van der Waals surface area contributed by atoms with Crippen LogP contribution in [-0.2, 0) is 0 Å². The highest BCUT2D eigenvalue weighted by Crippen LogP contribution is 2.46. The van der Waals surface area contributed by atoms with Gasteiger partial charge in [0.2, 0.25) is 0 Å². The lowest BCUT2D eigenvalue weighted by Crippen LogP contribution is -2.33. The Balaban J connectivity index is 2.13. The minimum atomic E-state index is -0.609. The number of aromatic hydroxyl groups is 1. The van der Waals surface area contributed by atoms with Crippen molar-refractivity contribution in [1.82, 2.24) is 14.9 Å². The number of fused-ring (bicyclic) bond motifs is 3. The Morgan fingerprint density at radius 3 is 2.69 bits per heavy atom. The van der Waals surface area contributed by atoms with Gasteiger partial charge in [0.25, 0.3) is 5.91 Å². The average molecular weight is 352 g/mol. The van der Waals surface area contributed by atoms with E-state index in [2.05, 4.69) is 10.5 Å². The summed E-state index contributed by atoms with van der Waals surface area (Å²) in [4.78, 5) is 14.1. The second kappa shape index (κ2) is 5.29. The van der Waals surface area contributed by atoms with Crippen LogP contribution in [0, 0.1) is 13.8 Å². The van der Waals surface area contributed by atoms with E-state index in [1.54, 1.807) is 17.0 Å². The van der Waals surface area contributed by atoms with E-state index in [9.17, 15) is 9.90 Å². The fourth-order valence-electron chi connectivity index (χ4n) is 3.80. The number of phenolic OH excluding ortho intramolecular Hbond substituents is 1. The number of allylic oxidation sites excluding steroid dienone is 1. The van der Waals surface area contributed by atoms with Gasteiger partial charge in [0.05, 0.1) is 11.4 Å². The van der Waals surface area contributed by atoms with Crippen LogP contribution >= 0.6 is 0 Å². The van der Waals surface area contributed by atoms with Crippen LogP contribution in [0.1, 0.15) is 40.4 Å². The van der Waals surface area contributed by atoms with E-state index in [4.69, 9.17) is 11.5 Å². The zero-order chi connectivity index (χ0) is 18.7. The maximum Gasteiger partial charge on any atom is 0.267 e. The number of primary amides is 1. The summed E-state index contributed by atoms with van der Waals surface area (Å²) in [5, 5.41) is 14.4. The highest BCUT2D eigenvalue weighted by molar-refractivity contribution is 6.04. The third kappa shape index (κ3) is 1.95. The van der Waals surface area contributed by atoms with Gasteiger partial charge in [-0.1, -0.05) is 6.07 Å². The first-order valence-corrected chi connectivity index (χ1v) is 8.21. The van der Waals surface area contributed by atoms with E-state index >= 15 is 0 Å². The summed E-state index contributed by atoms with van der Waals surface area (Å²) in [6.45, 7) is 5.68. The number of hydrogen-bond acceptors (Lipinski definition) is 6. The van der Waals surface area contributed by atoms with E-state index in [1.165, 1.54) is 0 Å². The first-order valence-electron chi connectivity index (χ1n) is 8.21. The lowest BCUT2D eigenvalue weighted by Gasteiger charge is -2.31. The van der Waals surface area contributed by atoms with Gasteiger partial charge in [-0.3, -0.25) is 10.2 Å². The van der Waals surface area contributed by atoms with Crippen molar-refractivity contribution in [3.05, 3.63) is 40.3 Å². The average Bonchev–Trinajstić information content (AvgIpc) is 3.15. The number of aromatic nitrogens is 1. The molecule has 2 aliphatic rings. The molecule has 0 saturated carbocycles. The summed E-state index contributed by atoms with van der Waals surface area (Å²) in [6.07, 6.45) is 3.20. The lowest BCUT2D eigenvalue weighted by molar-refractivity contribution is 0.0994. The Morgan fingerprint density at radius 2 is 2.00 bits per heavy atom.